The standard InChI is InChI=1S/C18H15F2NO4S/c19-12-6-7-13(14(20)8-12)16-21(15(10-26-16)17(22)23)18(24)25-9-11-4-2-1-3-5-11/h1-8,15-16H,9-10H2,(H,22,23). The lowest BCUT2D eigenvalue weighted by atomic mass is 10.1. The van der Waals surface area contributed by atoms with Crippen LogP contribution in [-0.4, -0.2) is 33.9 Å². The Hall–Kier alpha value is -2.61. The second-order valence-electron chi connectivity index (χ2n) is 5.65. The van der Waals surface area contributed by atoms with E-state index in [1.165, 1.54) is 6.07 Å². The highest BCUT2D eigenvalue weighted by atomic mass is 32.2. The number of aliphatic carboxylic acids is 1. The van der Waals surface area contributed by atoms with Crippen molar-refractivity contribution in [2.45, 2.75) is 18.0 Å². The molecule has 3 rings (SSSR count). The molecule has 2 unspecified atom stereocenters. The number of hydrogen-bond acceptors (Lipinski definition) is 4. The van der Waals surface area contributed by atoms with Crippen molar-refractivity contribution < 1.29 is 28.2 Å². The van der Waals surface area contributed by atoms with Crippen LogP contribution in [0, 0.1) is 11.6 Å². The molecule has 1 amide bonds. The number of nitrogens with zero attached hydrogens (tertiary/aromatic N) is 1. The van der Waals surface area contributed by atoms with E-state index in [0.29, 0.717) is 6.07 Å². The molecule has 1 fully saturated rings. The fraction of sp³-hybridized carbons (Fsp3) is 0.222. The number of ether oxygens (including phenoxy) is 1. The van der Waals surface area contributed by atoms with E-state index in [9.17, 15) is 23.5 Å². The molecule has 2 atom stereocenters. The highest BCUT2D eigenvalue weighted by Crippen LogP contribution is 2.42. The van der Waals surface area contributed by atoms with E-state index in [2.05, 4.69) is 0 Å². The van der Waals surface area contributed by atoms with E-state index in [0.717, 1.165) is 28.3 Å². The lowest BCUT2D eigenvalue weighted by Gasteiger charge is -2.27. The Morgan fingerprint density at radius 2 is 1.92 bits per heavy atom. The van der Waals surface area contributed by atoms with Gasteiger partial charge in [-0.1, -0.05) is 36.4 Å². The molecule has 0 radical (unpaired) electrons. The average molecular weight is 379 g/mol. The Morgan fingerprint density at radius 3 is 2.58 bits per heavy atom. The van der Waals surface area contributed by atoms with Crippen molar-refractivity contribution in [2.24, 2.45) is 0 Å². The molecule has 1 N–H and O–H groups in total. The van der Waals surface area contributed by atoms with Crippen LogP contribution in [0.4, 0.5) is 13.6 Å². The third kappa shape index (κ3) is 3.80. The Morgan fingerprint density at radius 1 is 1.19 bits per heavy atom. The van der Waals surface area contributed by atoms with E-state index in [4.69, 9.17) is 4.74 Å². The Balaban J connectivity index is 1.83. The van der Waals surface area contributed by atoms with Gasteiger partial charge in [-0.2, -0.15) is 0 Å². The molecule has 0 spiro atoms. The van der Waals surface area contributed by atoms with Gasteiger partial charge in [0.15, 0.2) is 0 Å². The van der Waals surface area contributed by atoms with Crippen LogP contribution in [0.2, 0.25) is 0 Å². The van der Waals surface area contributed by atoms with Crippen molar-refractivity contribution in [1.29, 1.82) is 0 Å². The minimum absolute atomic E-state index is 0.0359. The predicted molar refractivity (Wildman–Crippen MR) is 91.4 cm³/mol. The van der Waals surface area contributed by atoms with E-state index in [1.807, 2.05) is 6.07 Å². The van der Waals surface area contributed by atoms with Gasteiger partial charge in [-0.05, 0) is 11.6 Å². The van der Waals surface area contributed by atoms with Crippen molar-refractivity contribution in [3.05, 3.63) is 71.3 Å². The molecule has 1 aliphatic rings. The van der Waals surface area contributed by atoms with Crippen LogP contribution in [0.15, 0.2) is 48.5 Å². The molecule has 2 aromatic rings. The highest BCUT2D eigenvalue weighted by molar-refractivity contribution is 7.99. The van der Waals surface area contributed by atoms with Crippen molar-refractivity contribution >= 4 is 23.8 Å². The number of halogens is 2. The summed E-state index contributed by atoms with van der Waals surface area (Å²) in [6.07, 6.45) is -0.861. The van der Waals surface area contributed by atoms with Gasteiger partial charge in [-0.3, -0.25) is 4.90 Å². The van der Waals surface area contributed by atoms with Gasteiger partial charge in [0.2, 0.25) is 0 Å². The van der Waals surface area contributed by atoms with Crippen LogP contribution in [-0.2, 0) is 16.1 Å². The summed E-state index contributed by atoms with van der Waals surface area (Å²) in [5.74, 6) is -2.71. The number of benzene rings is 2. The second-order valence-corrected chi connectivity index (χ2v) is 6.77. The Kier molecular flexibility index (Phi) is 5.41. The number of carbonyl (C=O) groups excluding carboxylic acids is 1. The summed E-state index contributed by atoms with van der Waals surface area (Å²) in [4.78, 5) is 25.0. The van der Waals surface area contributed by atoms with Gasteiger partial charge < -0.3 is 9.84 Å². The molecule has 0 bridgehead atoms. The smallest absolute Gasteiger partial charge is 0.412 e. The average Bonchev–Trinajstić information content (AvgIpc) is 3.05. The maximum atomic E-state index is 14.1. The van der Waals surface area contributed by atoms with Gasteiger partial charge in [0, 0.05) is 17.4 Å². The molecule has 0 aliphatic carbocycles. The van der Waals surface area contributed by atoms with Crippen LogP contribution in [0.3, 0.4) is 0 Å². The van der Waals surface area contributed by atoms with Gasteiger partial charge in [0.05, 0.1) is 0 Å². The highest BCUT2D eigenvalue weighted by Gasteiger charge is 2.44. The number of rotatable bonds is 4. The van der Waals surface area contributed by atoms with Crippen LogP contribution in [0.5, 0.6) is 0 Å². The monoisotopic (exact) mass is 379 g/mol. The molecule has 26 heavy (non-hydrogen) atoms. The molecule has 1 aliphatic heterocycles. The summed E-state index contributed by atoms with van der Waals surface area (Å²) in [5.41, 5.74) is 0.779. The van der Waals surface area contributed by atoms with Crippen molar-refractivity contribution in [3.8, 4) is 0 Å². The number of carboxylic acid groups (broad SMARTS) is 1. The summed E-state index contributed by atoms with van der Waals surface area (Å²) < 4.78 is 32.5. The largest absolute Gasteiger partial charge is 0.480 e. The summed E-state index contributed by atoms with van der Waals surface area (Å²) >= 11 is 1.09. The van der Waals surface area contributed by atoms with Gasteiger partial charge in [-0.25, -0.2) is 18.4 Å². The molecule has 1 heterocycles. The first kappa shape index (κ1) is 18.2. The summed E-state index contributed by atoms with van der Waals surface area (Å²) in [6.45, 7) is -0.0359. The maximum Gasteiger partial charge on any atom is 0.412 e. The zero-order valence-corrected chi connectivity index (χ0v) is 14.3. The zero-order valence-electron chi connectivity index (χ0n) is 13.5. The topological polar surface area (TPSA) is 66.8 Å². The number of hydrogen-bond donors (Lipinski definition) is 1. The quantitative estimate of drug-likeness (QED) is 0.875. The lowest BCUT2D eigenvalue weighted by molar-refractivity contribution is -0.141. The number of carbonyl (C=O) groups is 2. The summed E-state index contributed by atoms with van der Waals surface area (Å²) in [7, 11) is 0. The normalized spacial score (nSPS) is 19.4. The predicted octanol–water partition coefficient (Wildman–Crippen LogP) is 3.80. The summed E-state index contributed by atoms with van der Waals surface area (Å²) in [6, 6.07) is 10.7. The number of amides is 1. The Labute approximate surface area is 152 Å². The van der Waals surface area contributed by atoms with E-state index in [1.54, 1.807) is 24.3 Å². The van der Waals surface area contributed by atoms with Crippen molar-refractivity contribution in [1.82, 2.24) is 4.90 Å². The van der Waals surface area contributed by atoms with E-state index >= 15 is 0 Å². The lowest BCUT2D eigenvalue weighted by Crippen LogP contribution is -2.43. The van der Waals surface area contributed by atoms with E-state index < -0.39 is 35.1 Å². The molecular formula is C18H15F2NO4S. The fourth-order valence-electron chi connectivity index (χ4n) is 2.65. The fourth-order valence-corrected chi connectivity index (χ4v) is 4.09. The molecule has 0 saturated carbocycles. The van der Waals surface area contributed by atoms with Gasteiger partial charge >= 0.3 is 12.1 Å². The first-order valence-corrected chi connectivity index (χ1v) is 8.80. The molecule has 8 heteroatoms. The zero-order chi connectivity index (χ0) is 18.7. The molecule has 0 aromatic heterocycles. The third-order valence-corrected chi connectivity index (χ3v) is 5.23. The molecule has 1 saturated heterocycles. The van der Waals surface area contributed by atoms with E-state index in [-0.39, 0.29) is 17.9 Å². The first-order valence-electron chi connectivity index (χ1n) is 7.75. The van der Waals surface area contributed by atoms with Crippen molar-refractivity contribution in [2.75, 3.05) is 5.75 Å². The van der Waals surface area contributed by atoms with Crippen LogP contribution < -0.4 is 0 Å². The van der Waals surface area contributed by atoms with Crippen LogP contribution >= 0.6 is 11.8 Å². The minimum atomic E-state index is -1.21. The first-order chi connectivity index (χ1) is 12.5. The molecule has 136 valence electrons. The third-order valence-electron chi connectivity index (χ3n) is 3.93. The van der Waals surface area contributed by atoms with Crippen molar-refractivity contribution in [3.63, 3.8) is 0 Å². The molecule has 5 nitrogen and oxygen atoms in total. The Bertz CT molecular complexity index is 818. The molecular weight excluding hydrogens is 364 g/mol. The van der Waals surface area contributed by atoms with Gasteiger partial charge in [0.25, 0.3) is 0 Å². The maximum absolute atomic E-state index is 14.1. The molecule has 2 aromatic carbocycles. The van der Waals surface area contributed by atoms with Crippen LogP contribution in [0.25, 0.3) is 0 Å². The number of thioether (sulfide) groups is 1. The second kappa shape index (κ2) is 7.74. The van der Waals surface area contributed by atoms with Gasteiger partial charge in [0.1, 0.15) is 29.7 Å². The van der Waals surface area contributed by atoms with Gasteiger partial charge in [-0.15, -0.1) is 11.8 Å². The number of carboxylic acids is 1. The summed E-state index contributed by atoms with van der Waals surface area (Å²) in [5, 5.41) is 8.48. The minimum Gasteiger partial charge on any atom is -0.480 e. The SMILES string of the molecule is O=C(O)C1CSC(c2ccc(F)cc2F)N1C(=O)OCc1ccccc1. The van der Waals surface area contributed by atoms with Crippen LogP contribution in [0.1, 0.15) is 16.5 Å².